The first-order chi connectivity index (χ1) is 9.63. The van der Waals surface area contributed by atoms with Crippen molar-refractivity contribution >= 4 is 17.4 Å². The highest BCUT2D eigenvalue weighted by Gasteiger charge is 2.09. The van der Waals surface area contributed by atoms with E-state index in [-0.39, 0.29) is 0 Å². The molecule has 0 atom stereocenters. The second kappa shape index (κ2) is 6.27. The Labute approximate surface area is 123 Å². The van der Waals surface area contributed by atoms with Gasteiger partial charge >= 0.3 is 0 Å². The standard InChI is InChI=1S/C15H14ClN3O/c1-19(15-6-3-11(8-17)9-18-15)10-12-7-13(16)4-5-14(12)20-2/h3-7,9H,10H2,1-2H3. The molecule has 0 N–H and O–H groups in total. The van der Waals surface area contributed by atoms with Gasteiger partial charge in [0.05, 0.1) is 12.7 Å². The average Bonchev–Trinajstić information content (AvgIpc) is 2.47. The summed E-state index contributed by atoms with van der Waals surface area (Å²) in [6.45, 7) is 0.614. The lowest BCUT2D eigenvalue weighted by Gasteiger charge is -2.19. The number of anilines is 1. The molecule has 0 aliphatic heterocycles. The summed E-state index contributed by atoms with van der Waals surface area (Å²) < 4.78 is 5.32. The average molecular weight is 288 g/mol. The van der Waals surface area contributed by atoms with Gasteiger partial charge in [-0.05, 0) is 30.3 Å². The number of nitriles is 1. The molecule has 0 aliphatic rings. The molecule has 0 saturated carbocycles. The molecule has 4 nitrogen and oxygen atoms in total. The molecule has 2 rings (SSSR count). The van der Waals surface area contributed by atoms with Crippen LogP contribution in [0.3, 0.4) is 0 Å². The summed E-state index contributed by atoms with van der Waals surface area (Å²) in [5.74, 6) is 1.57. The minimum atomic E-state index is 0.544. The zero-order valence-corrected chi connectivity index (χ0v) is 12.1. The molecule has 1 heterocycles. The maximum atomic E-state index is 8.77. The maximum absolute atomic E-state index is 8.77. The molecular weight excluding hydrogens is 274 g/mol. The van der Waals surface area contributed by atoms with Crippen LogP contribution in [0.5, 0.6) is 5.75 Å². The lowest BCUT2D eigenvalue weighted by atomic mass is 10.2. The van der Waals surface area contributed by atoms with Crippen molar-refractivity contribution in [3.8, 4) is 11.8 Å². The van der Waals surface area contributed by atoms with E-state index in [0.29, 0.717) is 17.1 Å². The third-order valence-corrected chi connectivity index (χ3v) is 3.15. The van der Waals surface area contributed by atoms with Crippen LogP contribution in [0.15, 0.2) is 36.5 Å². The number of nitrogens with zero attached hydrogens (tertiary/aromatic N) is 3. The van der Waals surface area contributed by atoms with Crippen molar-refractivity contribution in [1.29, 1.82) is 5.26 Å². The van der Waals surface area contributed by atoms with Crippen molar-refractivity contribution in [2.45, 2.75) is 6.54 Å². The molecule has 0 unspecified atom stereocenters. The van der Waals surface area contributed by atoms with Gasteiger partial charge in [-0.15, -0.1) is 0 Å². The number of ether oxygens (including phenoxy) is 1. The molecule has 1 aromatic heterocycles. The second-order valence-corrected chi connectivity index (χ2v) is 4.77. The Bertz CT molecular complexity index is 635. The molecule has 1 aromatic carbocycles. The largest absolute Gasteiger partial charge is 0.496 e. The number of methoxy groups -OCH3 is 1. The third-order valence-electron chi connectivity index (χ3n) is 2.92. The van der Waals surface area contributed by atoms with Crippen LogP contribution in [0.1, 0.15) is 11.1 Å². The first-order valence-corrected chi connectivity index (χ1v) is 6.41. The molecule has 0 spiro atoms. The lowest BCUT2D eigenvalue weighted by Crippen LogP contribution is -2.18. The van der Waals surface area contributed by atoms with E-state index in [1.54, 1.807) is 25.4 Å². The number of halogens is 1. The van der Waals surface area contributed by atoms with Crippen molar-refractivity contribution in [2.24, 2.45) is 0 Å². The van der Waals surface area contributed by atoms with Gasteiger partial charge in [0.1, 0.15) is 17.6 Å². The summed E-state index contributed by atoms with van der Waals surface area (Å²) in [5.41, 5.74) is 1.52. The number of aromatic nitrogens is 1. The Kier molecular flexibility index (Phi) is 4.44. The Morgan fingerprint density at radius 3 is 2.75 bits per heavy atom. The van der Waals surface area contributed by atoms with Gasteiger partial charge in [-0.25, -0.2) is 4.98 Å². The Hall–Kier alpha value is -2.25. The molecule has 20 heavy (non-hydrogen) atoms. The molecule has 102 valence electrons. The van der Waals surface area contributed by atoms with Crippen molar-refractivity contribution in [3.05, 3.63) is 52.7 Å². The van der Waals surface area contributed by atoms with E-state index in [9.17, 15) is 0 Å². The van der Waals surface area contributed by atoms with E-state index in [1.165, 1.54) is 0 Å². The van der Waals surface area contributed by atoms with E-state index < -0.39 is 0 Å². The number of hydrogen-bond acceptors (Lipinski definition) is 4. The normalized spacial score (nSPS) is 9.90. The predicted octanol–water partition coefficient (Wildman–Crippen LogP) is 3.25. The monoisotopic (exact) mass is 287 g/mol. The van der Waals surface area contributed by atoms with Gasteiger partial charge in [-0.1, -0.05) is 11.6 Å². The van der Waals surface area contributed by atoms with Gasteiger partial charge in [0, 0.05) is 30.4 Å². The van der Waals surface area contributed by atoms with Crippen LogP contribution in [0.25, 0.3) is 0 Å². The quantitative estimate of drug-likeness (QED) is 0.866. The molecule has 2 aromatic rings. The fraction of sp³-hybridized carbons (Fsp3) is 0.200. The molecule has 0 amide bonds. The topological polar surface area (TPSA) is 49.1 Å². The second-order valence-electron chi connectivity index (χ2n) is 4.33. The first kappa shape index (κ1) is 14.2. The Balaban J connectivity index is 2.20. The molecule has 5 heteroatoms. The molecule has 0 fully saturated rings. The van der Waals surface area contributed by atoms with Crippen LogP contribution in [-0.4, -0.2) is 19.1 Å². The van der Waals surface area contributed by atoms with Gasteiger partial charge in [-0.3, -0.25) is 0 Å². The van der Waals surface area contributed by atoms with Crippen molar-refractivity contribution in [3.63, 3.8) is 0 Å². The fourth-order valence-electron chi connectivity index (χ4n) is 1.89. The van der Waals surface area contributed by atoms with Gasteiger partial charge < -0.3 is 9.64 Å². The Morgan fingerprint density at radius 1 is 1.35 bits per heavy atom. The van der Waals surface area contributed by atoms with Crippen LogP contribution in [0.4, 0.5) is 5.82 Å². The molecule has 0 saturated heterocycles. The smallest absolute Gasteiger partial charge is 0.128 e. The third kappa shape index (κ3) is 3.19. The SMILES string of the molecule is COc1ccc(Cl)cc1CN(C)c1ccc(C#N)cn1. The van der Waals surface area contributed by atoms with Crippen LogP contribution in [0, 0.1) is 11.3 Å². The van der Waals surface area contributed by atoms with Gasteiger partial charge in [0.2, 0.25) is 0 Å². The fourth-order valence-corrected chi connectivity index (χ4v) is 2.08. The van der Waals surface area contributed by atoms with Crippen LogP contribution in [-0.2, 0) is 6.54 Å². The highest BCUT2D eigenvalue weighted by Crippen LogP contribution is 2.25. The van der Waals surface area contributed by atoms with E-state index in [0.717, 1.165) is 17.1 Å². The lowest BCUT2D eigenvalue weighted by molar-refractivity contribution is 0.409. The number of benzene rings is 1. The number of pyridine rings is 1. The minimum Gasteiger partial charge on any atom is -0.496 e. The maximum Gasteiger partial charge on any atom is 0.128 e. The van der Waals surface area contributed by atoms with Crippen molar-refractivity contribution in [1.82, 2.24) is 4.98 Å². The van der Waals surface area contributed by atoms with E-state index in [1.807, 2.05) is 30.1 Å². The van der Waals surface area contributed by atoms with Gasteiger partial charge in [0.15, 0.2) is 0 Å². The number of hydrogen-bond donors (Lipinski definition) is 0. The van der Waals surface area contributed by atoms with E-state index in [2.05, 4.69) is 11.1 Å². The summed E-state index contributed by atoms with van der Waals surface area (Å²) in [6.07, 6.45) is 1.56. The van der Waals surface area contributed by atoms with E-state index in [4.69, 9.17) is 21.6 Å². The zero-order chi connectivity index (χ0) is 14.5. The summed E-state index contributed by atoms with van der Waals surface area (Å²) in [5, 5.41) is 9.43. The summed E-state index contributed by atoms with van der Waals surface area (Å²) >= 11 is 6.02. The van der Waals surface area contributed by atoms with Gasteiger partial charge in [-0.2, -0.15) is 5.26 Å². The first-order valence-electron chi connectivity index (χ1n) is 6.03. The van der Waals surface area contributed by atoms with Crippen molar-refractivity contribution in [2.75, 3.05) is 19.1 Å². The van der Waals surface area contributed by atoms with Crippen LogP contribution in [0.2, 0.25) is 5.02 Å². The molecular formula is C15H14ClN3O. The molecule has 0 aliphatic carbocycles. The number of rotatable bonds is 4. The van der Waals surface area contributed by atoms with Crippen LogP contribution >= 0.6 is 11.6 Å². The summed E-state index contributed by atoms with van der Waals surface area (Å²) in [4.78, 5) is 6.22. The summed E-state index contributed by atoms with van der Waals surface area (Å²) in [6, 6.07) is 11.1. The van der Waals surface area contributed by atoms with Crippen LogP contribution < -0.4 is 9.64 Å². The van der Waals surface area contributed by atoms with E-state index >= 15 is 0 Å². The molecule has 0 bridgehead atoms. The minimum absolute atomic E-state index is 0.544. The highest BCUT2D eigenvalue weighted by molar-refractivity contribution is 6.30. The Morgan fingerprint density at radius 2 is 2.15 bits per heavy atom. The summed E-state index contributed by atoms with van der Waals surface area (Å²) in [7, 11) is 3.56. The highest BCUT2D eigenvalue weighted by atomic mass is 35.5. The molecule has 0 radical (unpaired) electrons. The predicted molar refractivity (Wildman–Crippen MR) is 79.1 cm³/mol. The van der Waals surface area contributed by atoms with Gasteiger partial charge in [0.25, 0.3) is 0 Å². The zero-order valence-electron chi connectivity index (χ0n) is 11.3. The van der Waals surface area contributed by atoms with Crippen molar-refractivity contribution < 1.29 is 4.74 Å².